The van der Waals surface area contributed by atoms with Crippen LogP contribution in [0.15, 0.2) is 60.7 Å². The molecule has 0 bridgehead atoms. The highest BCUT2D eigenvalue weighted by Gasteiger charge is 2.29. The summed E-state index contributed by atoms with van der Waals surface area (Å²) < 4.78 is 0. The number of amides is 2. The summed E-state index contributed by atoms with van der Waals surface area (Å²) in [6.45, 7) is 5.21. The van der Waals surface area contributed by atoms with E-state index in [-0.39, 0.29) is 17.7 Å². The van der Waals surface area contributed by atoms with Crippen LogP contribution in [0, 0.1) is 19.8 Å². The van der Waals surface area contributed by atoms with Crippen molar-refractivity contribution in [2.75, 3.05) is 18.4 Å². The Morgan fingerprint density at radius 2 is 1.67 bits per heavy atom. The molecule has 4 nitrogen and oxygen atoms in total. The zero-order chi connectivity index (χ0) is 21.1. The van der Waals surface area contributed by atoms with Crippen molar-refractivity contribution in [1.29, 1.82) is 0 Å². The van der Waals surface area contributed by atoms with Crippen LogP contribution in [-0.2, 0) is 16.0 Å². The molecule has 0 spiro atoms. The minimum atomic E-state index is -0.172. The van der Waals surface area contributed by atoms with Crippen LogP contribution in [0.3, 0.4) is 0 Å². The molecule has 1 atom stereocenters. The molecular formula is C26H28N2O2. The van der Waals surface area contributed by atoms with E-state index in [0.29, 0.717) is 13.0 Å². The van der Waals surface area contributed by atoms with E-state index in [1.807, 2.05) is 61.2 Å². The van der Waals surface area contributed by atoms with Crippen LogP contribution in [0.5, 0.6) is 0 Å². The number of anilines is 1. The lowest BCUT2D eigenvalue weighted by atomic mass is 9.95. The SMILES string of the molecule is Cc1cccc(C)c1NC(=O)[C@H]1CCCN(C(=O)Cc2cccc3ccccc23)C1. The van der Waals surface area contributed by atoms with E-state index >= 15 is 0 Å². The van der Waals surface area contributed by atoms with Crippen molar-refractivity contribution in [3.63, 3.8) is 0 Å². The first-order chi connectivity index (χ1) is 14.5. The zero-order valence-corrected chi connectivity index (χ0v) is 17.7. The fourth-order valence-electron chi connectivity index (χ4n) is 4.38. The molecule has 2 amide bonds. The average molecular weight is 401 g/mol. The molecule has 1 heterocycles. The largest absolute Gasteiger partial charge is 0.342 e. The smallest absolute Gasteiger partial charge is 0.229 e. The standard InChI is InChI=1S/C26H28N2O2/c1-18-8-5-9-19(2)25(18)27-26(30)22-13-7-15-28(17-22)24(29)16-21-12-6-11-20-10-3-4-14-23(20)21/h3-6,8-12,14,22H,7,13,15-17H2,1-2H3,(H,27,30)/t22-/m0/s1. The second-order valence-corrected chi connectivity index (χ2v) is 8.25. The quantitative estimate of drug-likeness (QED) is 0.679. The molecule has 0 radical (unpaired) electrons. The molecule has 1 N–H and O–H groups in total. The van der Waals surface area contributed by atoms with Crippen LogP contribution in [0.4, 0.5) is 5.69 Å². The van der Waals surface area contributed by atoms with Gasteiger partial charge in [-0.1, -0.05) is 60.7 Å². The number of piperidine rings is 1. The van der Waals surface area contributed by atoms with Crippen molar-refractivity contribution >= 4 is 28.3 Å². The maximum Gasteiger partial charge on any atom is 0.229 e. The number of carbonyl (C=O) groups is 2. The molecule has 1 aliphatic rings. The Labute approximate surface area is 177 Å². The fraction of sp³-hybridized carbons (Fsp3) is 0.308. The molecule has 0 aromatic heterocycles. The maximum atomic E-state index is 13.0. The number of nitrogens with zero attached hydrogens (tertiary/aromatic N) is 1. The Bertz CT molecular complexity index is 1060. The summed E-state index contributed by atoms with van der Waals surface area (Å²) in [6.07, 6.45) is 2.04. The van der Waals surface area contributed by atoms with E-state index in [9.17, 15) is 9.59 Å². The van der Waals surface area contributed by atoms with E-state index in [0.717, 1.165) is 52.5 Å². The van der Waals surface area contributed by atoms with Crippen molar-refractivity contribution in [3.05, 3.63) is 77.4 Å². The van der Waals surface area contributed by atoms with E-state index in [1.165, 1.54) is 0 Å². The number of likely N-dealkylation sites (tertiary alicyclic amines) is 1. The predicted molar refractivity (Wildman–Crippen MR) is 122 cm³/mol. The van der Waals surface area contributed by atoms with Gasteiger partial charge in [-0.3, -0.25) is 9.59 Å². The number of rotatable bonds is 4. The molecule has 154 valence electrons. The lowest BCUT2D eigenvalue weighted by molar-refractivity contribution is -0.133. The molecule has 4 rings (SSSR count). The Morgan fingerprint density at radius 3 is 2.47 bits per heavy atom. The van der Waals surface area contributed by atoms with Gasteiger partial charge in [-0.2, -0.15) is 0 Å². The monoisotopic (exact) mass is 400 g/mol. The molecule has 30 heavy (non-hydrogen) atoms. The summed E-state index contributed by atoms with van der Waals surface area (Å²) >= 11 is 0. The Hall–Kier alpha value is -3.14. The van der Waals surface area contributed by atoms with Crippen molar-refractivity contribution in [1.82, 2.24) is 4.90 Å². The summed E-state index contributed by atoms with van der Waals surface area (Å²) in [4.78, 5) is 27.8. The molecule has 1 fully saturated rings. The highest BCUT2D eigenvalue weighted by atomic mass is 16.2. The van der Waals surface area contributed by atoms with Gasteiger partial charge < -0.3 is 10.2 Å². The van der Waals surface area contributed by atoms with Gasteiger partial charge in [-0.05, 0) is 54.2 Å². The van der Waals surface area contributed by atoms with E-state index < -0.39 is 0 Å². The molecule has 1 aliphatic heterocycles. The molecule has 1 saturated heterocycles. The Morgan fingerprint density at radius 1 is 0.967 bits per heavy atom. The first kappa shape index (κ1) is 20.1. The van der Waals surface area contributed by atoms with Gasteiger partial charge in [0.1, 0.15) is 0 Å². The summed E-state index contributed by atoms with van der Waals surface area (Å²) in [7, 11) is 0. The number of fused-ring (bicyclic) bond motifs is 1. The minimum absolute atomic E-state index is 0.00932. The maximum absolute atomic E-state index is 13.0. The molecule has 3 aromatic carbocycles. The number of benzene rings is 3. The van der Waals surface area contributed by atoms with Gasteiger partial charge in [0.05, 0.1) is 12.3 Å². The fourth-order valence-corrected chi connectivity index (χ4v) is 4.38. The number of nitrogens with one attached hydrogen (secondary N) is 1. The average Bonchev–Trinajstić information content (AvgIpc) is 2.76. The highest BCUT2D eigenvalue weighted by molar-refractivity contribution is 5.95. The van der Waals surface area contributed by atoms with Crippen molar-refractivity contribution < 1.29 is 9.59 Å². The number of hydrogen-bond donors (Lipinski definition) is 1. The number of hydrogen-bond acceptors (Lipinski definition) is 2. The topological polar surface area (TPSA) is 49.4 Å². The second kappa shape index (κ2) is 8.70. The summed E-state index contributed by atoms with van der Waals surface area (Å²) in [5, 5.41) is 5.37. The Balaban J connectivity index is 1.44. The number of para-hydroxylation sites is 1. The number of aryl methyl sites for hydroxylation is 2. The molecule has 0 aliphatic carbocycles. The van der Waals surface area contributed by atoms with Crippen LogP contribution in [0.2, 0.25) is 0 Å². The normalized spacial score (nSPS) is 16.5. The second-order valence-electron chi connectivity index (χ2n) is 8.25. The van der Waals surface area contributed by atoms with Gasteiger partial charge in [0.25, 0.3) is 0 Å². The molecular weight excluding hydrogens is 372 g/mol. The third-order valence-corrected chi connectivity index (χ3v) is 6.10. The first-order valence-corrected chi connectivity index (χ1v) is 10.6. The zero-order valence-electron chi connectivity index (χ0n) is 17.7. The van der Waals surface area contributed by atoms with Crippen molar-refractivity contribution in [2.45, 2.75) is 33.1 Å². The van der Waals surface area contributed by atoms with Crippen LogP contribution >= 0.6 is 0 Å². The van der Waals surface area contributed by atoms with E-state index in [2.05, 4.69) is 23.5 Å². The Kier molecular flexibility index (Phi) is 5.84. The molecule has 3 aromatic rings. The van der Waals surface area contributed by atoms with Gasteiger partial charge >= 0.3 is 0 Å². The lowest BCUT2D eigenvalue weighted by Gasteiger charge is -2.32. The van der Waals surface area contributed by atoms with Gasteiger partial charge in [0.15, 0.2) is 0 Å². The summed E-state index contributed by atoms with van der Waals surface area (Å²) in [6, 6.07) is 20.2. The highest BCUT2D eigenvalue weighted by Crippen LogP contribution is 2.24. The first-order valence-electron chi connectivity index (χ1n) is 10.6. The third kappa shape index (κ3) is 4.23. The van der Waals surface area contributed by atoms with E-state index in [1.54, 1.807) is 0 Å². The molecule has 0 unspecified atom stereocenters. The minimum Gasteiger partial charge on any atom is -0.342 e. The van der Waals surface area contributed by atoms with Crippen LogP contribution in [0.1, 0.15) is 29.5 Å². The number of carbonyl (C=O) groups excluding carboxylic acids is 2. The van der Waals surface area contributed by atoms with Crippen LogP contribution < -0.4 is 5.32 Å². The third-order valence-electron chi connectivity index (χ3n) is 6.10. The summed E-state index contributed by atoms with van der Waals surface area (Å²) in [5.41, 5.74) is 4.05. The van der Waals surface area contributed by atoms with Gasteiger partial charge in [-0.15, -0.1) is 0 Å². The predicted octanol–water partition coefficient (Wildman–Crippen LogP) is 4.88. The van der Waals surface area contributed by atoms with Gasteiger partial charge in [0.2, 0.25) is 11.8 Å². The lowest BCUT2D eigenvalue weighted by Crippen LogP contribution is -2.44. The van der Waals surface area contributed by atoms with Crippen LogP contribution in [-0.4, -0.2) is 29.8 Å². The van der Waals surface area contributed by atoms with Gasteiger partial charge in [0, 0.05) is 18.8 Å². The van der Waals surface area contributed by atoms with Crippen molar-refractivity contribution in [2.24, 2.45) is 5.92 Å². The van der Waals surface area contributed by atoms with E-state index in [4.69, 9.17) is 0 Å². The molecule has 4 heteroatoms. The summed E-state index contributed by atoms with van der Waals surface area (Å²) in [5.74, 6) is -0.0693. The van der Waals surface area contributed by atoms with Crippen LogP contribution in [0.25, 0.3) is 10.8 Å². The molecule has 0 saturated carbocycles. The van der Waals surface area contributed by atoms with Crippen molar-refractivity contribution in [3.8, 4) is 0 Å². The van der Waals surface area contributed by atoms with Gasteiger partial charge in [-0.25, -0.2) is 0 Å².